The quantitative estimate of drug-likeness (QED) is 0.620. The lowest BCUT2D eigenvalue weighted by atomic mass is 10.2. The number of anilines is 1. The van der Waals surface area contributed by atoms with E-state index in [2.05, 4.69) is 20.8 Å². The van der Waals surface area contributed by atoms with E-state index in [4.69, 9.17) is 0 Å². The van der Waals surface area contributed by atoms with Crippen LogP contribution in [0.1, 0.15) is 10.4 Å². The third kappa shape index (κ3) is 5.36. The highest BCUT2D eigenvalue weighted by atomic mass is 32.2. The van der Waals surface area contributed by atoms with Crippen molar-refractivity contribution in [3.63, 3.8) is 0 Å². The molecule has 0 aliphatic heterocycles. The van der Waals surface area contributed by atoms with Crippen LogP contribution < -0.4 is 10.0 Å². The Balaban J connectivity index is 1.70. The molecule has 2 aromatic carbocycles. The minimum atomic E-state index is -4.67. The van der Waals surface area contributed by atoms with Crippen molar-refractivity contribution >= 4 is 21.6 Å². The maximum atomic E-state index is 12.4. The van der Waals surface area contributed by atoms with E-state index in [0.29, 0.717) is 11.3 Å². The third-order valence-electron chi connectivity index (χ3n) is 3.61. The smallest absolute Gasteiger partial charge is 0.322 e. The molecule has 0 unspecified atom stereocenters. The molecule has 13 heteroatoms. The Hall–Kier alpha value is -3.32. The largest absolute Gasteiger partial charge is 0.402 e. The second kappa shape index (κ2) is 7.97. The fraction of sp³-hybridized carbons (Fsp3) is 0.125. The molecule has 1 amide bonds. The van der Waals surface area contributed by atoms with Crippen LogP contribution in [0.15, 0.2) is 59.8 Å². The molecule has 1 heterocycles. The van der Waals surface area contributed by atoms with Crippen LogP contribution in [0.2, 0.25) is 0 Å². The normalized spacial score (nSPS) is 12.0. The summed E-state index contributed by atoms with van der Waals surface area (Å²) in [6.07, 6.45) is -3.30. The zero-order valence-corrected chi connectivity index (χ0v) is 15.3. The number of carbonyl (C=O) groups is 1. The second-order valence-electron chi connectivity index (χ2n) is 5.72. The first-order valence-electron chi connectivity index (χ1n) is 7.95. The highest BCUT2D eigenvalue weighted by molar-refractivity contribution is 7.89. The molecule has 1 aromatic heterocycles. The monoisotopic (exact) mass is 426 g/mol. The van der Waals surface area contributed by atoms with E-state index >= 15 is 0 Å². The molecular weight excluding hydrogens is 413 g/mol. The Bertz CT molecular complexity index is 1100. The molecule has 3 aromatic rings. The lowest BCUT2D eigenvalue weighted by Gasteiger charge is -2.10. The summed E-state index contributed by atoms with van der Waals surface area (Å²) in [6, 6.07) is 11.2. The van der Waals surface area contributed by atoms with Gasteiger partial charge >= 0.3 is 6.18 Å². The number of hydrogen-bond acceptors (Lipinski definition) is 6. The van der Waals surface area contributed by atoms with Crippen LogP contribution in [0, 0.1) is 0 Å². The van der Waals surface area contributed by atoms with Crippen molar-refractivity contribution in [3.8, 4) is 5.69 Å². The summed E-state index contributed by atoms with van der Waals surface area (Å²) < 4.78 is 63.2. The van der Waals surface area contributed by atoms with Crippen molar-refractivity contribution in [2.75, 3.05) is 11.9 Å². The topological polar surface area (TPSA) is 119 Å². The Morgan fingerprint density at radius 3 is 2.45 bits per heavy atom. The van der Waals surface area contributed by atoms with E-state index in [1.54, 1.807) is 24.3 Å². The molecule has 0 spiro atoms. The van der Waals surface area contributed by atoms with E-state index in [-0.39, 0.29) is 10.6 Å². The number of nitrogens with one attached hydrogen (secondary N) is 2. The van der Waals surface area contributed by atoms with Gasteiger partial charge in [-0.25, -0.2) is 17.8 Å². The van der Waals surface area contributed by atoms with E-state index in [0.717, 1.165) is 12.1 Å². The van der Waals surface area contributed by atoms with Crippen LogP contribution in [0.25, 0.3) is 5.69 Å². The fourth-order valence-corrected chi connectivity index (χ4v) is 3.26. The number of rotatable bonds is 6. The van der Waals surface area contributed by atoms with Crippen LogP contribution in [0.5, 0.6) is 0 Å². The second-order valence-corrected chi connectivity index (χ2v) is 7.49. The van der Waals surface area contributed by atoms with E-state index < -0.39 is 28.7 Å². The van der Waals surface area contributed by atoms with Gasteiger partial charge in [-0.1, -0.05) is 6.07 Å². The molecule has 0 saturated heterocycles. The van der Waals surface area contributed by atoms with Crippen LogP contribution in [0.3, 0.4) is 0 Å². The number of hydrogen-bond donors (Lipinski definition) is 2. The first kappa shape index (κ1) is 20.4. The number of aromatic nitrogens is 4. The van der Waals surface area contributed by atoms with Crippen molar-refractivity contribution in [1.29, 1.82) is 0 Å². The molecule has 0 saturated carbocycles. The molecule has 0 fully saturated rings. The molecule has 0 aliphatic carbocycles. The number of alkyl halides is 3. The Labute approximate surface area is 162 Å². The number of sulfonamides is 1. The summed E-state index contributed by atoms with van der Waals surface area (Å²) >= 11 is 0. The fourth-order valence-electron chi connectivity index (χ4n) is 2.25. The summed E-state index contributed by atoms with van der Waals surface area (Å²) in [6.45, 7) is -1.68. The Morgan fingerprint density at radius 2 is 1.83 bits per heavy atom. The van der Waals surface area contributed by atoms with Gasteiger partial charge in [0.25, 0.3) is 5.91 Å². The molecule has 0 radical (unpaired) electrons. The lowest BCUT2D eigenvalue weighted by Crippen LogP contribution is -2.33. The van der Waals surface area contributed by atoms with Crippen molar-refractivity contribution in [1.82, 2.24) is 24.9 Å². The summed E-state index contributed by atoms with van der Waals surface area (Å²) in [7, 11) is -4.33. The number of halogens is 3. The number of amides is 1. The van der Waals surface area contributed by atoms with Crippen LogP contribution in [-0.2, 0) is 10.0 Å². The average molecular weight is 426 g/mol. The standard InChI is InChI=1S/C16H13F3N6O3S/c17-16(18,19)9-21-29(27,28)14-6-4-12(5-7-14)22-15(26)11-2-1-3-13(8-11)25-10-20-23-24-25/h1-8,10,21H,9H2,(H,22,26). The predicted molar refractivity (Wildman–Crippen MR) is 94.8 cm³/mol. The summed E-state index contributed by atoms with van der Waals surface area (Å²) in [5, 5.41) is 13.3. The van der Waals surface area contributed by atoms with Gasteiger partial charge in [0, 0.05) is 11.3 Å². The highest BCUT2D eigenvalue weighted by Gasteiger charge is 2.30. The number of nitrogens with zero attached hydrogens (tertiary/aromatic N) is 4. The van der Waals surface area contributed by atoms with Gasteiger partial charge in [-0.2, -0.15) is 13.2 Å². The number of tetrazole rings is 1. The summed E-state index contributed by atoms with van der Waals surface area (Å²) in [5.74, 6) is -0.481. The molecule has 0 atom stereocenters. The Morgan fingerprint density at radius 1 is 1.10 bits per heavy atom. The molecule has 29 heavy (non-hydrogen) atoms. The van der Waals surface area contributed by atoms with Crippen molar-refractivity contribution in [3.05, 3.63) is 60.4 Å². The van der Waals surface area contributed by atoms with E-state index in [1.165, 1.54) is 27.9 Å². The predicted octanol–water partition coefficient (Wildman–Crippen LogP) is 1.76. The molecule has 0 bridgehead atoms. The number of benzene rings is 2. The molecule has 9 nitrogen and oxygen atoms in total. The first-order valence-corrected chi connectivity index (χ1v) is 9.44. The average Bonchev–Trinajstić information content (AvgIpc) is 3.21. The first-order chi connectivity index (χ1) is 13.6. The van der Waals surface area contributed by atoms with Gasteiger partial charge in [0.15, 0.2) is 0 Å². The molecule has 3 rings (SSSR count). The maximum absolute atomic E-state index is 12.4. The summed E-state index contributed by atoms with van der Waals surface area (Å²) in [4.78, 5) is 12.0. The lowest BCUT2D eigenvalue weighted by molar-refractivity contribution is -0.121. The minimum absolute atomic E-state index is 0.262. The van der Waals surface area contributed by atoms with E-state index in [9.17, 15) is 26.4 Å². The van der Waals surface area contributed by atoms with Crippen LogP contribution in [0.4, 0.5) is 18.9 Å². The zero-order chi connectivity index (χ0) is 21.1. The van der Waals surface area contributed by atoms with E-state index in [1.807, 2.05) is 0 Å². The molecule has 0 aliphatic rings. The van der Waals surface area contributed by atoms with Gasteiger partial charge in [0.2, 0.25) is 10.0 Å². The van der Waals surface area contributed by atoms with Gasteiger partial charge in [-0.05, 0) is 52.9 Å². The van der Waals surface area contributed by atoms with Gasteiger partial charge in [-0.3, -0.25) is 4.79 Å². The van der Waals surface area contributed by atoms with Crippen LogP contribution in [-0.4, -0.2) is 47.3 Å². The third-order valence-corrected chi connectivity index (χ3v) is 5.02. The van der Waals surface area contributed by atoms with Gasteiger partial charge in [0.1, 0.15) is 12.9 Å². The van der Waals surface area contributed by atoms with Crippen molar-refractivity contribution in [2.24, 2.45) is 0 Å². The van der Waals surface area contributed by atoms with Crippen LogP contribution >= 0.6 is 0 Å². The molecule has 152 valence electrons. The number of carbonyl (C=O) groups excluding carboxylic acids is 1. The minimum Gasteiger partial charge on any atom is -0.322 e. The maximum Gasteiger partial charge on any atom is 0.402 e. The SMILES string of the molecule is O=C(Nc1ccc(S(=O)(=O)NCC(F)(F)F)cc1)c1cccc(-n2cnnn2)c1. The summed E-state index contributed by atoms with van der Waals surface area (Å²) in [5.41, 5.74) is 1.11. The Kier molecular flexibility index (Phi) is 5.61. The van der Waals surface area contributed by atoms with Gasteiger partial charge in [0.05, 0.1) is 10.6 Å². The highest BCUT2D eigenvalue weighted by Crippen LogP contribution is 2.18. The molecular formula is C16H13F3N6O3S. The van der Waals surface area contributed by atoms with Gasteiger partial charge < -0.3 is 5.32 Å². The van der Waals surface area contributed by atoms with Crippen molar-refractivity contribution < 1.29 is 26.4 Å². The van der Waals surface area contributed by atoms with Crippen molar-refractivity contribution in [2.45, 2.75) is 11.1 Å². The molecule has 2 N–H and O–H groups in total. The van der Waals surface area contributed by atoms with Gasteiger partial charge in [-0.15, -0.1) is 5.10 Å². The zero-order valence-electron chi connectivity index (χ0n) is 14.5.